The van der Waals surface area contributed by atoms with Crippen molar-refractivity contribution in [3.05, 3.63) is 60.2 Å². The van der Waals surface area contributed by atoms with Gasteiger partial charge in [0.1, 0.15) is 24.2 Å². The molecule has 0 unspecified atom stereocenters. The molecule has 1 aliphatic heterocycles. The lowest BCUT2D eigenvalue weighted by Gasteiger charge is -2.27. The molecule has 3 rings (SSSR count). The lowest BCUT2D eigenvalue weighted by atomic mass is 10.2. The Morgan fingerprint density at radius 2 is 1.58 bits per heavy atom. The van der Waals surface area contributed by atoms with Crippen LogP contribution in [0.1, 0.15) is 5.56 Å². The third kappa shape index (κ3) is 3.26. The highest BCUT2D eigenvalue weighted by Gasteiger charge is 2.17. The fourth-order valence-electron chi connectivity index (χ4n) is 1.89. The van der Waals surface area contributed by atoms with E-state index in [1.807, 2.05) is 42.5 Å². The number of rotatable bonds is 5. The number of benzene rings is 2. The van der Waals surface area contributed by atoms with Crippen molar-refractivity contribution in [1.29, 1.82) is 0 Å². The van der Waals surface area contributed by atoms with Crippen LogP contribution in [0.3, 0.4) is 0 Å². The third-order valence-electron chi connectivity index (χ3n) is 3.12. The van der Waals surface area contributed by atoms with Gasteiger partial charge in [0, 0.05) is 13.1 Å². The summed E-state index contributed by atoms with van der Waals surface area (Å²) in [5, 5.41) is 3.18. The van der Waals surface area contributed by atoms with E-state index in [9.17, 15) is 0 Å². The SMILES string of the molecule is c1ccc(COc2ccc(OC3CNC3)cc2)cc1. The molecule has 3 heteroatoms. The number of ether oxygens (including phenoxy) is 2. The van der Waals surface area contributed by atoms with Crippen LogP contribution in [0, 0.1) is 0 Å². The van der Waals surface area contributed by atoms with Crippen LogP contribution in [0.15, 0.2) is 54.6 Å². The van der Waals surface area contributed by atoms with Gasteiger partial charge in [-0.2, -0.15) is 0 Å². The van der Waals surface area contributed by atoms with Crippen molar-refractivity contribution in [1.82, 2.24) is 5.32 Å². The molecule has 0 aromatic heterocycles. The Bertz CT molecular complexity index is 506. The fraction of sp³-hybridized carbons (Fsp3) is 0.250. The molecule has 1 aliphatic rings. The van der Waals surface area contributed by atoms with Crippen LogP contribution in [0.5, 0.6) is 11.5 Å². The number of nitrogens with one attached hydrogen (secondary N) is 1. The van der Waals surface area contributed by atoms with Crippen LogP contribution < -0.4 is 14.8 Å². The maximum Gasteiger partial charge on any atom is 0.123 e. The third-order valence-corrected chi connectivity index (χ3v) is 3.12. The zero-order chi connectivity index (χ0) is 12.9. The summed E-state index contributed by atoms with van der Waals surface area (Å²) in [5.74, 6) is 1.77. The van der Waals surface area contributed by atoms with Crippen LogP contribution in [0.2, 0.25) is 0 Å². The van der Waals surface area contributed by atoms with E-state index in [0.29, 0.717) is 12.7 Å². The van der Waals surface area contributed by atoms with Crippen LogP contribution in [-0.2, 0) is 6.61 Å². The maximum absolute atomic E-state index is 5.75. The monoisotopic (exact) mass is 255 g/mol. The van der Waals surface area contributed by atoms with Gasteiger partial charge in [0.15, 0.2) is 0 Å². The van der Waals surface area contributed by atoms with Gasteiger partial charge in [0.25, 0.3) is 0 Å². The predicted molar refractivity (Wildman–Crippen MR) is 74.5 cm³/mol. The molecule has 0 spiro atoms. The van der Waals surface area contributed by atoms with Crippen molar-refractivity contribution >= 4 is 0 Å². The lowest BCUT2D eigenvalue weighted by Crippen LogP contribution is -2.50. The van der Waals surface area contributed by atoms with Gasteiger partial charge in [-0.05, 0) is 29.8 Å². The molecule has 1 heterocycles. The minimum Gasteiger partial charge on any atom is -0.489 e. The Labute approximate surface area is 113 Å². The Kier molecular flexibility index (Phi) is 3.65. The molecule has 2 aromatic carbocycles. The van der Waals surface area contributed by atoms with E-state index in [0.717, 1.165) is 24.6 Å². The van der Waals surface area contributed by atoms with Gasteiger partial charge >= 0.3 is 0 Å². The first kappa shape index (κ1) is 12.1. The smallest absolute Gasteiger partial charge is 0.123 e. The molecular weight excluding hydrogens is 238 g/mol. The molecule has 1 N–H and O–H groups in total. The van der Waals surface area contributed by atoms with Crippen molar-refractivity contribution in [3.63, 3.8) is 0 Å². The Hall–Kier alpha value is -2.00. The molecule has 0 radical (unpaired) electrons. The second-order valence-electron chi connectivity index (χ2n) is 4.64. The summed E-state index contributed by atoms with van der Waals surface area (Å²) in [6.07, 6.45) is 0.316. The maximum atomic E-state index is 5.75. The summed E-state index contributed by atoms with van der Waals surface area (Å²) in [6, 6.07) is 18.0. The first-order chi connectivity index (χ1) is 9.40. The summed E-state index contributed by atoms with van der Waals surface area (Å²) in [6.45, 7) is 2.46. The molecule has 0 amide bonds. The van der Waals surface area contributed by atoms with E-state index in [-0.39, 0.29) is 0 Å². The van der Waals surface area contributed by atoms with Gasteiger partial charge in [-0.3, -0.25) is 0 Å². The normalized spacial score (nSPS) is 14.7. The van der Waals surface area contributed by atoms with E-state index in [2.05, 4.69) is 17.4 Å². The van der Waals surface area contributed by atoms with Gasteiger partial charge in [0.05, 0.1) is 0 Å². The molecule has 2 aromatic rings. The predicted octanol–water partition coefficient (Wildman–Crippen LogP) is 2.62. The number of hydrogen-bond donors (Lipinski definition) is 1. The molecule has 0 aliphatic carbocycles. The molecule has 0 saturated carbocycles. The van der Waals surface area contributed by atoms with Crippen molar-refractivity contribution < 1.29 is 9.47 Å². The minimum atomic E-state index is 0.316. The summed E-state index contributed by atoms with van der Waals surface area (Å²) in [5.41, 5.74) is 1.17. The first-order valence-electron chi connectivity index (χ1n) is 6.54. The highest BCUT2D eigenvalue weighted by atomic mass is 16.5. The second kappa shape index (κ2) is 5.76. The van der Waals surface area contributed by atoms with E-state index in [4.69, 9.17) is 9.47 Å². The van der Waals surface area contributed by atoms with Crippen LogP contribution >= 0.6 is 0 Å². The van der Waals surface area contributed by atoms with Crippen LogP contribution in [0.4, 0.5) is 0 Å². The van der Waals surface area contributed by atoms with Gasteiger partial charge < -0.3 is 14.8 Å². The van der Waals surface area contributed by atoms with E-state index >= 15 is 0 Å². The standard InChI is InChI=1S/C16H17NO2/c1-2-4-13(5-3-1)12-18-14-6-8-15(9-7-14)19-16-10-17-11-16/h1-9,16-17H,10-12H2. The molecule has 3 nitrogen and oxygen atoms in total. The fourth-order valence-corrected chi connectivity index (χ4v) is 1.89. The molecule has 0 atom stereocenters. The molecule has 98 valence electrons. The highest BCUT2D eigenvalue weighted by Crippen LogP contribution is 2.20. The molecule has 19 heavy (non-hydrogen) atoms. The molecule has 1 saturated heterocycles. The van der Waals surface area contributed by atoms with Gasteiger partial charge in [-0.15, -0.1) is 0 Å². The van der Waals surface area contributed by atoms with Gasteiger partial charge in [0.2, 0.25) is 0 Å². The van der Waals surface area contributed by atoms with Gasteiger partial charge in [-0.25, -0.2) is 0 Å². The summed E-state index contributed by atoms with van der Waals surface area (Å²) in [7, 11) is 0. The Morgan fingerprint density at radius 3 is 2.21 bits per heavy atom. The molecular formula is C16H17NO2. The van der Waals surface area contributed by atoms with Crippen LogP contribution in [0.25, 0.3) is 0 Å². The zero-order valence-corrected chi connectivity index (χ0v) is 10.7. The minimum absolute atomic E-state index is 0.316. The summed E-state index contributed by atoms with van der Waals surface area (Å²) in [4.78, 5) is 0. The van der Waals surface area contributed by atoms with Gasteiger partial charge in [-0.1, -0.05) is 30.3 Å². The van der Waals surface area contributed by atoms with Crippen molar-refractivity contribution in [2.75, 3.05) is 13.1 Å². The molecule has 0 bridgehead atoms. The van der Waals surface area contributed by atoms with Crippen molar-refractivity contribution in [3.8, 4) is 11.5 Å². The Balaban J connectivity index is 1.53. The second-order valence-corrected chi connectivity index (χ2v) is 4.64. The zero-order valence-electron chi connectivity index (χ0n) is 10.7. The quantitative estimate of drug-likeness (QED) is 0.891. The highest BCUT2D eigenvalue weighted by molar-refractivity contribution is 5.31. The van der Waals surface area contributed by atoms with Crippen LogP contribution in [-0.4, -0.2) is 19.2 Å². The van der Waals surface area contributed by atoms with E-state index in [1.165, 1.54) is 5.56 Å². The average molecular weight is 255 g/mol. The first-order valence-corrected chi connectivity index (χ1v) is 6.54. The largest absolute Gasteiger partial charge is 0.489 e. The summed E-state index contributed by atoms with van der Waals surface area (Å²) >= 11 is 0. The van der Waals surface area contributed by atoms with E-state index < -0.39 is 0 Å². The Morgan fingerprint density at radius 1 is 0.895 bits per heavy atom. The van der Waals surface area contributed by atoms with Crippen molar-refractivity contribution in [2.24, 2.45) is 0 Å². The summed E-state index contributed by atoms with van der Waals surface area (Å²) < 4.78 is 11.5. The van der Waals surface area contributed by atoms with E-state index in [1.54, 1.807) is 0 Å². The molecule has 1 fully saturated rings. The lowest BCUT2D eigenvalue weighted by molar-refractivity contribution is 0.142. The van der Waals surface area contributed by atoms with Crippen molar-refractivity contribution in [2.45, 2.75) is 12.7 Å². The topological polar surface area (TPSA) is 30.5 Å². The number of hydrogen-bond acceptors (Lipinski definition) is 3. The average Bonchev–Trinajstić information content (AvgIpc) is 2.43.